The van der Waals surface area contributed by atoms with E-state index in [1.807, 2.05) is 5.38 Å². The molecule has 2 aromatic rings. The number of piperidine rings is 1. The largest absolute Gasteiger partial charge is 0.387 e. The van der Waals surface area contributed by atoms with Gasteiger partial charge < -0.3 is 20.5 Å². The first-order valence-corrected chi connectivity index (χ1v) is 12.0. The highest BCUT2D eigenvalue weighted by Crippen LogP contribution is 2.40. The Balaban J connectivity index is 0.00000240. The van der Waals surface area contributed by atoms with Crippen LogP contribution < -0.4 is 15.7 Å². The van der Waals surface area contributed by atoms with Crippen LogP contribution in [0.5, 0.6) is 5.75 Å². The molecule has 29 heavy (non-hydrogen) atoms. The second-order valence-electron chi connectivity index (χ2n) is 6.87. The van der Waals surface area contributed by atoms with Gasteiger partial charge in [-0.1, -0.05) is 22.8 Å². The maximum atomic E-state index is 11.6. The van der Waals surface area contributed by atoms with E-state index in [1.54, 1.807) is 29.5 Å². The smallest absolute Gasteiger partial charge is 0.306 e. The van der Waals surface area contributed by atoms with Crippen LogP contribution in [-0.4, -0.2) is 38.5 Å². The number of rotatable bonds is 5. The van der Waals surface area contributed by atoms with Crippen LogP contribution in [0.2, 0.25) is 5.02 Å². The first-order valence-electron chi connectivity index (χ1n) is 8.98. The van der Waals surface area contributed by atoms with Gasteiger partial charge in [0, 0.05) is 17.7 Å². The third kappa shape index (κ3) is 5.07. The number of oxime groups is 1. The summed E-state index contributed by atoms with van der Waals surface area (Å²) >= 11 is 7.96. The monoisotopic (exact) mass is 458 g/mol. The molecule has 0 aliphatic carbocycles. The van der Waals surface area contributed by atoms with Crippen molar-refractivity contribution in [2.45, 2.75) is 31.3 Å². The molecule has 0 bridgehead atoms. The van der Waals surface area contributed by atoms with Gasteiger partial charge in [-0.3, -0.25) is 0 Å². The van der Waals surface area contributed by atoms with E-state index < -0.39 is 16.2 Å². The number of thiazole rings is 1. The van der Waals surface area contributed by atoms with Gasteiger partial charge in [-0.05, 0) is 38.1 Å². The molecule has 0 radical (unpaired) electrons. The molecule has 1 unspecified atom stereocenters. The van der Waals surface area contributed by atoms with Gasteiger partial charge in [-0.2, -0.15) is 8.42 Å². The maximum absolute atomic E-state index is 11.6. The Morgan fingerprint density at radius 3 is 2.79 bits per heavy atom. The Morgan fingerprint density at radius 2 is 2.07 bits per heavy atom. The molecule has 11 heteroatoms. The molecule has 3 heterocycles. The minimum Gasteiger partial charge on any atom is -0.387 e. The van der Waals surface area contributed by atoms with Crippen LogP contribution in [0.3, 0.4) is 0 Å². The van der Waals surface area contributed by atoms with Crippen LogP contribution >= 0.6 is 22.9 Å². The van der Waals surface area contributed by atoms with E-state index in [1.165, 1.54) is 0 Å². The number of hydrogen-bond acceptors (Lipinski definition) is 9. The summed E-state index contributed by atoms with van der Waals surface area (Å²) in [5, 5.41) is 11.0. The first-order chi connectivity index (χ1) is 13.4. The molecule has 1 aromatic carbocycles. The van der Waals surface area contributed by atoms with Crippen LogP contribution in [-0.2, 0) is 15.0 Å². The van der Waals surface area contributed by atoms with Gasteiger partial charge in [0.1, 0.15) is 5.71 Å². The van der Waals surface area contributed by atoms with Gasteiger partial charge in [0.25, 0.3) is 0 Å². The Morgan fingerprint density at radius 1 is 1.31 bits per heavy atom. The highest BCUT2D eigenvalue weighted by Gasteiger charge is 2.31. The molecular formula is C18H23ClN4O4S2. The highest BCUT2D eigenvalue weighted by atomic mass is 35.5. The lowest BCUT2D eigenvalue weighted by Crippen LogP contribution is -2.26. The molecule has 0 saturated carbocycles. The molecule has 8 nitrogen and oxygen atoms in total. The average Bonchev–Trinajstić information content (AvgIpc) is 3.31. The summed E-state index contributed by atoms with van der Waals surface area (Å²) in [6, 6.07) is 4.86. The molecular weight excluding hydrogens is 436 g/mol. The van der Waals surface area contributed by atoms with Crippen molar-refractivity contribution < 1.29 is 17.4 Å². The van der Waals surface area contributed by atoms with Crippen molar-refractivity contribution in [3.63, 3.8) is 0 Å². The minimum absolute atomic E-state index is 0. The van der Waals surface area contributed by atoms with Gasteiger partial charge in [0.2, 0.25) is 0 Å². The topological polar surface area (TPSA) is 125 Å². The number of nitrogens with zero attached hydrogens (tertiary/aromatic N) is 2. The fraction of sp³-hybridized carbons (Fsp3) is 0.444. The van der Waals surface area contributed by atoms with E-state index in [-0.39, 0.29) is 11.9 Å². The Hall–Kier alpha value is -1.72. The lowest BCUT2D eigenvalue weighted by atomic mass is 9.99. The second kappa shape index (κ2) is 8.97. The average molecular weight is 459 g/mol. The van der Waals surface area contributed by atoms with E-state index in [0.29, 0.717) is 22.9 Å². The number of hydrogen-bond donors (Lipinski definition) is 2. The molecule has 1 fully saturated rings. The zero-order valence-corrected chi connectivity index (χ0v) is 18.3. The first kappa shape index (κ1) is 22.0. The van der Waals surface area contributed by atoms with Gasteiger partial charge in [0.05, 0.1) is 27.5 Å². The molecule has 0 spiro atoms. The molecule has 1 atom stereocenters. The predicted octanol–water partition coefficient (Wildman–Crippen LogP) is 3.63. The van der Waals surface area contributed by atoms with Gasteiger partial charge in [-0.15, -0.1) is 11.3 Å². The van der Waals surface area contributed by atoms with Crippen molar-refractivity contribution in [2.75, 3.05) is 19.3 Å². The second-order valence-corrected chi connectivity index (χ2v) is 9.74. The summed E-state index contributed by atoms with van der Waals surface area (Å²) in [5.41, 5.74) is 2.01. The molecule has 4 rings (SSSR count). The van der Waals surface area contributed by atoms with Gasteiger partial charge in [0.15, 0.2) is 11.9 Å². The van der Waals surface area contributed by atoms with Crippen LogP contribution in [0, 0.1) is 0 Å². The van der Waals surface area contributed by atoms with E-state index in [0.717, 1.165) is 48.6 Å². The number of aromatic nitrogens is 1. The summed E-state index contributed by atoms with van der Waals surface area (Å²) in [6.45, 7) is 2.03. The van der Waals surface area contributed by atoms with Gasteiger partial charge >= 0.3 is 10.1 Å². The molecule has 2 aliphatic rings. The molecule has 158 valence electrons. The molecule has 0 amide bonds. The molecule has 1 saturated heterocycles. The zero-order chi connectivity index (χ0) is 19.7. The number of benzene rings is 1. The van der Waals surface area contributed by atoms with E-state index in [2.05, 4.69) is 10.5 Å². The number of halogens is 1. The quantitative estimate of drug-likeness (QED) is 0.655. The minimum atomic E-state index is -3.69. The van der Waals surface area contributed by atoms with Crippen molar-refractivity contribution in [3.05, 3.63) is 44.9 Å². The normalized spacial score (nSPS) is 19.9. The fourth-order valence-corrected chi connectivity index (χ4v) is 5.18. The van der Waals surface area contributed by atoms with Gasteiger partial charge in [-0.25, -0.2) is 4.98 Å². The third-order valence-corrected chi connectivity index (χ3v) is 6.57. The Labute approximate surface area is 179 Å². The summed E-state index contributed by atoms with van der Waals surface area (Å²) in [7, 11) is -3.69. The van der Waals surface area contributed by atoms with Crippen LogP contribution in [0.15, 0.2) is 28.7 Å². The lowest BCUT2D eigenvalue weighted by molar-refractivity contribution is 0.0846. The summed E-state index contributed by atoms with van der Waals surface area (Å²) in [5.74, 6) is 0.641. The Bertz CT molecular complexity index is 1000. The molecule has 4 N–H and O–H groups in total. The van der Waals surface area contributed by atoms with Crippen molar-refractivity contribution in [1.29, 1.82) is 0 Å². The van der Waals surface area contributed by atoms with E-state index in [9.17, 15) is 8.42 Å². The van der Waals surface area contributed by atoms with Crippen molar-refractivity contribution in [2.24, 2.45) is 5.16 Å². The number of nitrogens with one attached hydrogen (secondary N) is 1. The van der Waals surface area contributed by atoms with E-state index >= 15 is 0 Å². The predicted molar refractivity (Wildman–Crippen MR) is 114 cm³/mol. The summed E-state index contributed by atoms with van der Waals surface area (Å²) in [6.07, 6.45) is 3.09. The van der Waals surface area contributed by atoms with Crippen molar-refractivity contribution in [1.82, 2.24) is 16.5 Å². The third-order valence-electron chi connectivity index (χ3n) is 4.75. The standard InChI is InChI=1S/C18H20ClN3O4S2.H3N/c1-28(23,24)26-15-4-2-3-12(19)17(15)16-9-13(22-25-16)14-10-27-18(21-14)11-5-7-20-8-6-11;/h2-4,10-11,16,20H,5-9H2,1H3;1H3. The zero-order valence-electron chi connectivity index (χ0n) is 15.9. The van der Waals surface area contributed by atoms with Crippen LogP contribution in [0.1, 0.15) is 47.5 Å². The fourth-order valence-electron chi connectivity index (χ4n) is 3.43. The van der Waals surface area contributed by atoms with Crippen LogP contribution in [0.25, 0.3) is 0 Å². The lowest BCUT2D eigenvalue weighted by Gasteiger charge is -2.20. The van der Waals surface area contributed by atoms with Crippen LogP contribution in [0.4, 0.5) is 0 Å². The van der Waals surface area contributed by atoms with E-state index in [4.69, 9.17) is 25.6 Å². The SMILES string of the molecule is CS(=O)(=O)Oc1cccc(Cl)c1C1CC(c2csc(C3CCNCC3)n2)=NO1.N. The maximum Gasteiger partial charge on any atom is 0.306 e. The highest BCUT2D eigenvalue weighted by molar-refractivity contribution is 7.86. The van der Waals surface area contributed by atoms with Crippen molar-refractivity contribution >= 4 is 38.8 Å². The molecule has 2 aliphatic heterocycles. The van der Waals surface area contributed by atoms with Crippen molar-refractivity contribution in [3.8, 4) is 5.75 Å². The summed E-state index contributed by atoms with van der Waals surface area (Å²) < 4.78 is 28.2. The summed E-state index contributed by atoms with van der Waals surface area (Å²) in [4.78, 5) is 10.3. The molecule has 1 aromatic heterocycles. The Kier molecular flexibility index (Phi) is 6.79.